The first-order valence-electron chi connectivity index (χ1n) is 6.27. The van der Waals surface area contributed by atoms with E-state index < -0.39 is 4.92 Å². The third-order valence-corrected chi connectivity index (χ3v) is 3.84. The zero-order valence-corrected chi connectivity index (χ0v) is 13.1. The van der Waals surface area contributed by atoms with Gasteiger partial charge < -0.3 is 10.1 Å². The predicted octanol–water partition coefficient (Wildman–Crippen LogP) is 3.83. The molecule has 1 N–H and O–H groups in total. The van der Waals surface area contributed by atoms with Crippen LogP contribution in [0.2, 0.25) is 0 Å². The van der Waals surface area contributed by atoms with Crippen molar-refractivity contribution in [2.75, 3.05) is 7.05 Å². The number of benzene rings is 1. The molecule has 0 saturated carbocycles. The number of nitro groups is 1. The van der Waals surface area contributed by atoms with Gasteiger partial charge in [0, 0.05) is 24.4 Å². The minimum absolute atomic E-state index is 0.0482. The molecule has 7 heteroatoms. The molecule has 0 radical (unpaired) electrons. The van der Waals surface area contributed by atoms with Gasteiger partial charge in [0.25, 0.3) is 5.69 Å². The van der Waals surface area contributed by atoms with Crippen LogP contribution in [0, 0.1) is 10.1 Å². The first-order chi connectivity index (χ1) is 10.0. The number of hydrogen-bond acceptors (Lipinski definition) is 5. The molecule has 2 aromatic rings. The summed E-state index contributed by atoms with van der Waals surface area (Å²) in [6.45, 7) is 2.02. The maximum Gasteiger partial charge on any atom is 0.287 e. The molecule has 0 saturated heterocycles. The number of rotatable bonds is 5. The van der Waals surface area contributed by atoms with E-state index in [1.165, 1.54) is 6.07 Å². The van der Waals surface area contributed by atoms with E-state index in [1.54, 1.807) is 24.4 Å². The summed E-state index contributed by atoms with van der Waals surface area (Å²) < 4.78 is 5.88. The molecular weight excluding hydrogens is 338 g/mol. The van der Waals surface area contributed by atoms with Crippen molar-refractivity contribution in [3.8, 4) is 11.6 Å². The molecular formula is C14H14BrN3O3. The molecule has 0 spiro atoms. The Morgan fingerprint density at radius 1 is 1.38 bits per heavy atom. The van der Waals surface area contributed by atoms with Crippen molar-refractivity contribution in [2.45, 2.75) is 13.0 Å². The number of nitro benzene ring substituents is 1. The zero-order valence-electron chi connectivity index (χ0n) is 11.5. The second-order valence-electron chi connectivity index (χ2n) is 4.39. The van der Waals surface area contributed by atoms with Crippen molar-refractivity contribution < 1.29 is 9.66 Å². The fraction of sp³-hybridized carbons (Fsp3) is 0.214. The van der Waals surface area contributed by atoms with Gasteiger partial charge in [0.2, 0.25) is 5.88 Å². The molecule has 0 fully saturated rings. The van der Waals surface area contributed by atoms with E-state index in [4.69, 9.17) is 4.74 Å². The van der Waals surface area contributed by atoms with Crippen LogP contribution >= 0.6 is 15.9 Å². The minimum Gasteiger partial charge on any atom is -0.438 e. The Labute approximate surface area is 130 Å². The average Bonchev–Trinajstić information content (AvgIpc) is 2.49. The fourth-order valence-electron chi connectivity index (χ4n) is 1.71. The van der Waals surface area contributed by atoms with Crippen LogP contribution in [0.25, 0.3) is 0 Å². The number of nitrogens with zero attached hydrogens (tertiary/aromatic N) is 2. The van der Waals surface area contributed by atoms with E-state index in [0.29, 0.717) is 16.1 Å². The van der Waals surface area contributed by atoms with Crippen molar-refractivity contribution in [3.63, 3.8) is 0 Å². The van der Waals surface area contributed by atoms with Crippen LogP contribution in [0.3, 0.4) is 0 Å². The molecule has 0 bridgehead atoms. The molecule has 1 aromatic heterocycles. The summed E-state index contributed by atoms with van der Waals surface area (Å²) >= 11 is 3.18. The highest BCUT2D eigenvalue weighted by Crippen LogP contribution is 2.35. The summed E-state index contributed by atoms with van der Waals surface area (Å²) in [5, 5.41) is 14.0. The highest BCUT2D eigenvalue weighted by Gasteiger charge is 2.16. The van der Waals surface area contributed by atoms with Crippen molar-refractivity contribution in [2.24, 2.45) is 0 Å². The number of ether oxygens (including phenoxy) is 1. The quantitative estimate of drug-likeness (QED) is 0.654. The molecule has 1 heterocycles. The third-order valence-electron chi connectivity index (χ3n) is 3.05. The van der Waals surface area contributed by atoms with Gasteiger partial charge in [0.1, 0.15) is 4.47 Å². The maximum atomic E-state index is 10.9. The monoisotopic (exact) mass is 351 g/mol. The minimum atomic E-state index is -0.470. The Bertz CT molecular complexity index is 646. The fourth-order valence-corrected chi connectivity index (χ4v) is 2.20. The van der Waals surface area contributed by atoms with Crippen LogP contribution in [0.4, 0.5) is 5.69 Å². The number of pyridine rings is 1. The van der Waals surface area contributed by atoms with Crippen molar-refractivity contribution in [3.05, 3.63) is 56.7 Å². The highest BCUT2D eigenvalue weighted by molar-refractivity contribution is 9.10. The van der Waals surface area contributed by atoms with E-state index in [-0.39, 0.29) is 11.7 Å². The lowest BCUT2D eigenvalue weighted by atomic mass is 10.1. The van der Waals surface area contributed by atoms with Crippen molar-refractivity contribution in [1.29, 1.82) is 0 Å². The SMILES string of the molecule is CNC(C)c1ccc(Oc2cccc([N+](=O)[O-])c2Br)nc1. The lowest BCUT2D eigenvalue weighted by Crippen LogP contribution is -2.12. The molecule has 1 unspecified atom stereocenters. The number of halogens is 1. The van der Waals surface area contributed by atoms with E-state index in [9.17, 15) is 10.1 Å². The van der Waals surface area contributed by atoms with Gasteiger partial charge in [-0.25, -0.2) is 4.98 Å². The normalized spacial score (nSPS) is 12.0. The smallest absolute Gasteiger partial charge is 0.287 e. The second kappa shape index (κ2) is 6.64. The second-order valence-corrected chi connectivity index (χ2v) is 5.18. The van der Waals surface area contributed by atoms with Crippen LogP contribution in [0.5, 0.6) is 11.6 Å². The molecule has 1 aromatic carbocycles. The van der Waals surface area contributed by atoms with Crippen LogP contribution in [0.1, 0.15) is 18.5 Å². The van der Waals surface area contributed by atoms with E-state index in [2.05, 4.69) is 26.2 Å². The van der Waals surface area contributed by atoms with Crippen molar-refractivity contribution >= 4 is 21.6 Å². The Balaban J connectivity index is 2.22. The summed E-state index contributed by atoms with van der Waals surface area (Å²) in [7, 11) is 1.87. The molecule has 2 rings (SSSR count). The maximum absolute atomic E-state index is 10.9. The Morgan fingerprint density at radius 2 is 2.14 bits per heavy atom. The molecule has 6 nitrogen and oxygen atoms in total. The molecule has 0 amide bonds. The summed E-state index contributed by atoms with van der Waals surface area (Å²) in [6.07, 6.45) is 1.71. The van der Waals surface area contributed by atoms with E-state index >= 15 is 0 Å². The number of nitrogens with one attached hydrogen (secondary N) is 1. The van der Waals surface area contributed by atoms with Crippen LogP contribution in [-0.4, -0.2) is 17.0 Å². The Kier molecular flexibility index (Phi) is 4.87. The number of aromatic nitrogens is 1. The molecule has 0 aliphatic rings. The van der Waals surface area contributed by atoms with Gasteiger partial charge in [-0.1, -0.05) is 12.1 Å². The first kappa shape index (κ1) is 15.4. The Morgan fingerprint density at radius 3 is 2.71 bits per heavy atom. The lowest BCUT2D eigenvalue weighted by molar-refractivity contribution is -0.385. The van der Waals surface area contributed by atoms with Crippen LogP contribution in [-0.2, 0) is 0 Å². The first-order valence-corrected chi connectivity index (χ1v) is 7.06. The molecule has 1 atom stereocenters. The summed E-state index contributed by atoms with van der Waals surface area (Å²) in [5.74, 6) is 0.731. The van der Waals surface area contributed by atoms with Gasteiger partial charge in [0.15, 0.2) is 5.75 Å². The number of hydrogen-bond donors (Lipinski definition) is 1. The largest absolute Gasteiger partial charge is 0.438 e. The van der Waals surface area contributed by atoms with Gasteiger partial charge in [0.05, 0.1) is 4.92 Å². The lowest BCUT2D eigenvalue weighted by Gasteiger charge is -2.11. The standard InChI is InChI=1S/C14H14BrN3O3/c1-9(16-2)10-6-7-13(17-8-10)21-12-5-3-4-11(14(12)15)18(19)20/h3-9,16H,1-2H3. The molecule has 110 valence electrons. The predicted molar refractivity (Wildman–Crippen MR) is 82.6 cm³/mol. The summed E-state index contributed by atoms with van der Waals surface area (Å²) in [5.41, 5.74) is 0.982. The van der Waals surface area contributed by atoms with Gasteiger partial charge in [-0.05, 0) is 41.5 Å². The Hall–Kier alpha value is -1.99. The summed E-state index contributed by atoms with van der Waals surface area (Å²) in [6, 6.07) is 8.43. The third kappa shape index (κ3) is 3.56. The zero-order chi connectivity index (χ0) is 15.4. The van der Waals surface area contributed by atoms with Crippen LogP contribution in [0.15, 0.2) is 41.0 Å². The molecule has 21 heavy (non-hydrogen) atoms. The highest BCUT2D eigenvalue weighted by atomic mass is 79.9. The van der Waals surface area contributed by atoms with E-state index in [1.807, 2.05) is 20.0 Å². The molecule has 0 aliphatic carbocycles. The van der Waals surface area contributed by atoms with Gasteiger partial charge in [-0.3, -0.25) is 10.1 Å². The van der Waals surface area contributed by atoms with Crippen molar-refractivity contribution in [1.82, 2.24) is 10.3 Å². The van der Waals surface area contributed by atoms with Gasteiger partial charge in [-0.15, -0.1) is 0 Å². The van der Waals surface area contributed by atoms with Gasteiger partial charge in [-0.2, -0.15) is 0 Å². The topological polar surface area (TPSA) is 77.3 Å². The van der Waals surface area contributed by atoms with Gasteiger partial charge >= 0.3 is 0 Å². The molecule has 0 aliphatic heterocycles. The van der Waals surface area contributed by atoms with Crippen LogP contribution < -0.4 is 10.1 Å². The van der Waals surface area contributed by atoms with E-state index in [0.717, 1.165) is 5.56 Å². The average molecular weight is 352 g/mol. The summed E-state index contributed by atoms with van der Waals surface area (Å²) in [4.78, 5) is 14.6.